The molecule has 2 aliphatic heterocycles. The Morgan fingerprint density at radius 1 is 1.07 bits per heavy atom. The van der Waals surface area contributed by atoms with Gasteiger partial charge in [-0.25, -0.2) is 14.2 Å². The fraction of sp³-hybridized carbons (Fsp3) is 0.452. The second kappa shape index (κ2) is 10.7. The smallest absolute Gasteiger partial charge is 0.410 e. The zero-order chi connectivity index (χ0) is 28.9. The van der Waals surface area contributed by atoms with Crippen LogP contribution in [0.15, 0.2) is 42.6 Å². The molecule has 2 aromatic carbocycles. The quantitative estimate of drug-likeness (QED) is 0.310. The van der Waals surface area contributed by atoms with Crippen LogP contribution in [0.5, 0.6) is 0 Å². The van der Waals surface area contributed by atoms with E-state index >= 15 is 4.39 Å². The van der Waals surface area contributed by atoms with Crippen LogP contribution in [0.4, 0.5) is 9.18 Å². The summed E-state index contributed by atoms with van der Waals surface area (Å²) in [7, 11) is 2.10. The summed E-state index contributed by atoms with van der Waals surface area (Å²) < 4.78 is 23.9. The molecule has 2 aliphatic rings. The zero-order valence-electron chi connectivity index (χ0n) is 23.9. The first-order valence-corrected chi connectivity index (χ1v) is 15.1. The predicted molar refractivity (Wildman–Crippen MR) is 159 cm³/mol. The van der Waals surface area contributed by atoms with E-state index in [1.165, 1.54) is 17.4 Å². The average molecular weight is 578 g/mol. The normalized spacial score (nSPS) is 18.9. The van der Waals surface area contributed by atoms with Gasteiger partial charge in [-0.15, -0.1) is 0 Å². The number of piperidine rings is 1. The van der Waals surface area contributed by atoms with Crippen molar-refractivity contribution in [1.29, 1.82) is 0 Å². The van der Waals surface area contributed by atoms with E-state index < -0.39 is 5.60 Å². The molecule has 10 heteroatoms. The molecule has 1 N–H and O–H groups in total. The van der Waals surface area contributed by atoms with E-state index in [-0.39, 0.29) is 29.9 Å². The Morgan fingerprint density at radius 3 is 2.59 bits per heavy atom. The number of benzene rings is 2. The number of ether oxygens (including phenoxy) is 1. The van der Waals surface area contributed by atoms with Gasteiger partial charge in [0.15, 0.2) is 4.96 Å². The zero-order valence-corrected chi connectivity index (χ0v) is 24.8. The molecule has 0 spiro atoms. The molecule has 2 aromatic heterocycles. The molecule has 1 atom stereocenters. The van der Waals surface area contributed by atoms with E-state index in [1.807, 2.05) is 55.6 Å². The maximum absolute atomic E-state index is 15.5. The highest BCUT2D eigenvalue weighted by Gasteiger charge is 2.33. The van der Waals surface area contributed by atoms with Crippen LogP contribution in [-0.4, -0.2) is 69.5 Å². The summed E-state index contributed by atoms with van der Waals surface area (Å²) in [6, 6.07) is 10.8. The number of imidazole rings is 1. The number of hydrogen-bond acceptors (Lipinski definition) is 6. The molecule has 216 valence electrons. The second-order valence-corrected chi connectivity index (χ2v) is 13.2. The number of rotatable bonds is 4. The molecule has 41 heavy (non-hydrogen) atoms. The van der Waals surface area contributed by atoms with Crippen molar-refractivity contribution in [1.82, 2.24) is 24.5 Å². The van der Waals surface area contributed by atoms with Crippen LogP contribution in [0.25, 0.3) is 26.4 Å². The topological polar surface area (TPSA) is 79.2 Å². The first-order valence-electron chi connectivity index (χ1n) is 14.3. The van der Waals surface area contributed by atoms with Crippen LogP contribution in [-0.2, 0) is 4.74 Å². The van der Waals surface area contributed by atoms with Crippen LogP contribution in [0, 0.1) is 5.82 Å². The second-order valence-electron chi connectivity index (χ2n) is 12.2. The summed E-state index contributed by atoms with van der Waals surface area (Å²) in [5.41, 5.74) is 2.69. The third kappa shape index (κ3) is 5.67. The maximum atomic E-state index is 15.5. The van der Waals surface area contributed by atoms with Gasteiger partial charge in [-0.3, -0.25) is 9.20 Å². The molecule has 6 rings (SSSR count). The number of nitrogens with one attached hydrogen (secondary N) is 1. The number of nitrogens with zero attached hydrogens (tertiary/aromatic N) is 4. The van der Waals surface area contributed by atoms with Crippen LogP contribution in [0.3, 0.4) is 0 Å². The lowest BCUT2D eigenvalue weighted by Crippen LogP contribution is -2.43. The molecule has 0 aliphatic carbocycles. The van der Waals surface area contributed by atoms with Gasteiger partial charge in [0, 0.05) is 29.9 Å². The molecule has 2 saturated heterocycles. The van der Waals surface area contributed by atoms with Crippen LogP contribution in [0.1, 0.15) is 68.4 Å². The van der Waals surface area contributed by atoms with Crippen molar-refractivity contribution in [2.24, 2.45) is 0 Å². The van der Waals surface area contributed by atoms with Crippen molar-refractivity contribution in [2.45, 2.75) is 64.1 Å². The molecule has 2 amide bonds. The summed E-state index contributed by atoms with van der Waals surface area (Å²) in [4.78, 5) is 35.1. The summed E-state index contributed by atoms with van der Waals surface area (Å²) in [5.74, 6) is -0.427. The minimum Gasteiger partial charge on any atom is -0.444 e. The van der Waals surface area contributed by atoms with E-state index in [1.54, 1.807) is 11.0 Å². The number of carbonyl (C=O) groups is 2. The number of fused-ring (bicyclic) bond motifs is 3. The molecule has 0 bridgehead atoms. The molecular weight excluding hydrogens is 541 g/mol. The van der Waals surface area contributed by atoms with E-state index in [2.05, 4.69) is 17.3 Å². The summed E-state index contributed by atoms with van der Waals surface area (Å²) in [6.45, 7) is 8.10. The Morgan fingerprint density at radius 2 is 1.85 bits per heavy atom. The van der Waals surface area contributed by atoms with Crippen molar-refractivity contribution in [3.8, 4) is 11.3 Å². The Hall–Kier alpha value is -3.50. The minimum atomic E-state index is -0.585. The molecule has 4 aromatic rings. The van der Waals surface area contributed by atoms with Gasteiger partial charge in [-0.2, -0.15) is 0 Å². The van der Waals surface area contributed by atoms with E-state index in [4.69, 9.17) is 9.72 Å². The fourth-order valence-electron chi connectivity index (χ4n) is 5.79. The maximum Gasteiger partial charge on any atom is 0.410 e. The Labute approximate surface area is 243 Å². The highest BCUT2D eigenvalue weighted by molar-refractivity contribution is 7.23. The van der Waals surface area contributed by atoms with Crippen LogP contribution in [0.2, 0.25) is 0 Å². The average Bonchev–Trinajstić information content (AvgIpc) is 3.63. The van der Waals surface area contributed by atoms with Gasteiger partial charge in [0.05, 0.1) is 22.0 Å². The lowest BCUT2D eigenvalue weighted by molar-refractivity contribution is 0.0224. The van der Waals surface area contributed by atoms with Crippen molar-refractivity contribution in [3.05, 3.63) is 59.5 Å². The van der Waals surface area contributed by atoms with E-state index in [0.717, 1.165) is 59.5 Å². The number of carbonyl (C=O) groups excluding carboxylic acids is 2. The molecule has 8 nitrogen and oxygen atoms in total. The SMILES string of the molecule is CN1CCC(NC(=O)c2ccc3c(c2)sc2nc(-c4ccc(C5CCCN5C(=O)OC(C)(C)C)cc4F)cn23)CC1. The lowest BCUT2D eigenvalue weighted by atomic mass is 10.0. The van der Waals surface area contributed by atoms with E-state index in [9.17, 15) is 9.59 Å². The molecular formula is C31H36FN5O3S. The molecule has 4 heterocycles. The predicted octanol–water partition coefficient (Wildman–Crippen LogP) is 6.25. The first kappa shape index (κ1) is 27.7. The molecule has 0 radical (unpaired) electrons. The Bertz CT molecular complexity index is 1620. The minimum absolute atomic E-state index is 0.0529. The monoisotopic (exact) mass is 577 g/mol. The highest BCUT2D eigenvalue weighted by atomic mass is 32.1. The molecule has 2 fully saturated rings. The fourth-order valence-corrected chi connectivity index (χ4v) is 6.84. The Balaban J connectivity index is 1.20. The number of thiazole rings is 1. The van der Waals surface area contributed by atoms with Gasteiger partial charge in [0.1, 0.15) is 11.4 Å². The van der Waals surface area contributed by atoms with Crippen molar-refractivity contribution in [2.75, 3.05) is 26.7 Å². The van der Waals surface area contributed by atoms with Gasteiger partial charge < -0.3 is 19.9 Å². The number of hydrogen-bond donors (Lipinski definition) is 1. The Kier molecular flexibility index (Phi) is 7.23. The molecule has 0 saturated carbocycles. The van der Waals surface area contributed by atoms with Gasteiger partial charge in [-0.1, -0.05) is 17.4 Å². The van der Waals surface area contributed by atoms with Crippen LogP contribution < -0.4 is 5.32 Å². The van der Waals surface area contributed by atoms with Gasteiger partial charge in [0.2, 0.25) is 0 Å². The number of amides is 2. The standard InChI is InChI=1S/C31H36FN5O3S/c1-31(2,3)40-30(39)36-13-5-6-25(36)19-7-9-22(23(32)16-19)24-18-37-26-10-8-20(17-27(26)41-29(37)34-24)28(38)33-21-11-14-35(4)15-12-21/h7-10,16-18,21,25H,5-6,11-15H2,1-4H3,(H,33,38). The highest BCUT2D eigenvalue weighted by Crippen LogP contribution is 2.36. The van der Waals surface area contributed by atoms with Gasteiger partial charge >= 0.3 is 6.09 Å². The summed E-state index contributed by atoms with van der Waals surface area (Å²) in [6.07, 6.45) is 5.00. The van der Waals surface area contributed by atoms with E-state index in [0.29, 0.717) is 23.4 Å². The lowest BCUT2D eigenvalue weighted by Gasteiger charge is -2.29. The molecule has 1 unspecified atom stereocenters. The number of aromatic nitrogens is 2. The number of halogens is 1. The summed E-state index contributed by atoms with van der Waals surface area (Å²) in [5, 5.41) is 3.17. The number of likely N-dealkylation sites (tertiary alicyclic amines) is 2. The van der Waals surface area contributed by atoms with Gasteiger partial charge in [0.25, 0.3) is 5.91 Å². The third-order valence-electron chi connectivity index (χ3n) is 7.94. The summed E-state index contributed by atoms with van der Waals surface area (Å²) >= 11 is 1.48. The van der Waals surface area contributed by atoms with Crippen molar-refractivity contribution < 1.29 is 18.7 Å². The first-order chi connectivity index (χ1) is 19.6. The largest absolute Gasteiger partial charge is 0.444 e. The van der Waals surface area contributed by atoms with Crippen molar-refractivity contribution in [3.63, 3.8) is 0 Å². The van der Waals surface area contributed by atoms with Crippen LogP contribution >= 0.6 is 11.3 Å². The third-order valence-corrected chi connectivity index (χ3v) is 8.96. The van der Waals surface area contributed by atoms with Crippen molar-refractivity contribution >= 4 is 38.5 Å². The van der Waals surface area contributed by atoms with Gasteiger partial charge in [-0.05, 0) is 102 Å².